The van der Waals surface area contributed by atoms with Crippen molar-refractivity contribution in [3.05, 3.63) is 83.9 Å². The molecule has 0 aliphatic carbocycles. The lowest BCUT2D eigenvalue weighted by Gasteiger charge is -2.11. The van der Waals surface area contributed by atoms with Crippen molar-refractivity contribution in [1.29, 1.82) is 0 Å². The molecule has 0 radical (unpaired) electrons. The third kappa shape index (κ3) is 5.32. The molecule has 0 atom stereocenters. The van der Waals surface area contributed by atoms with Crippen LogP contribution in [0.4, 0.5) is 14.5 Å². The highest BCUT2D eigenvalue weighted by Gasteiger charge is 2.13. The van der Waals surface area contributed by atoms with Gasteiger partial charge in [-0.3, -0.25) is 9.59 Å². The number of carbonyl (C=O) groups excluding carboxylic acids is 2. The van der Waals surface area contributed by atoms with E-state index >= 15 is 0 Å². The molecule has 0 fully saturated rings. The fourth-order valence-corrected chi connectivity index (χ4v) is 2.57. The Balaban J connectivity index is 1.53. The first-order chi connectivity index (χ1) is 14.5. The summed E-state index contributed by atoms with van der Waals surface area (Å²) in [6, 6.07) is 16.3. The van der Waals surface area contributed by atoms with Gasteiger partial charge in [0.2, 0.25) is 5.91 Å². The van der Waals surface area contributed by atoms with E-state index in [-0.39, 0.29) is 12.1 Å². The molecule has 0 heterocycles. The summed E-state index contributed by atoms with van der Waals surface area (Å²) in [5.74, 6) is -1.45. The Morgan fingerprint density at radius 2 is 1.63 bits per heavy atom. The van der Waals surface area contributed by atoms with Crippen LogP contribution in [0.5, 0.6) is 17.2 Å². The Kier molecular flexibility index (Phi) is 6.59. The van der Waals surface area contributed by atoms with Crippen molar-refractivity contribution in [3.8, 4) is 17.2 Å². The Morgan fingerprint density at radius 1 is 0.933 bits per heavy atom. The molecule has 2 amide bonds. The van der Waals surface area contributed by atoms with E-state index in [0.29, 0.717) is 29.0 Å². The van der Waals surface area contributed by atoms with Crippen LogP contribution < -0.4 is 20.1 Å². The molecule has 3 aromatic rings. The van der Waals surface area contributed by atoms with Crippen LogP contribution in [0.25, 0.3) is 0 Å². The van der Waals surface area contributed by atoms with Crippen LogP contribution in [-0.4, -0.2) is 25.5 Å². The van der Waals surface area contributed by atoms with E-state index in [1.807, 2.05) is 12.1 Å². The lowest BCUT2D eigenvalue weighted by atomic mass is 10.2. The molecule has 0 saturated heterocycles. The van der Waals surface area contributed by atoms with E-state index < -0.39 is 23.4 Å². The van der Waals surface area contributed by atoms with Crippen LogP contribution >= 0.6 is 0 Å². The fraction of sp³-hybridized carbons (Fsp3) is 0.0909. The highest BCUT2D eigenvalue weighted by molar-refractivity contribution is 5.99. The number of benzene rings is 3. The van der Waals surface area contributed by atoms with Gasteiger partial charge in [-0.1, -0.05) is 12.1 Å². The van der Waals surface area contributed by atoms with E-state index in [1.165, 1.54) is 0 Å². The number of hydrogen-bond acceptors (Lipinski definition) is 4. The Morgan fingerprint density at radius 3 is 2.30 bits per heavy atom. The van der Waals surface area contributed by atoms with Gasteiger partial charge in [-0.15, -0.1) is 0 Å². The summed E-state index contributed by atoms with van der Waals surface area (Å²) >= 11 is 0. The number of ether oxygens (including phenoxy) is 2. The minimum absolute atomic E-state index is 0.345. The minimum atomic E-state index is -1.00. The van der Waals surface area contributed by atoms with Crippen LogP contribution in [0, 0.1) is 11.6 Å². The van der Waals surface area contributed by atoms with Crippen molar-refractivity contribution in [2.45, 2.75) is 0 Å². The normalized spacial score (nSPS) is 10.2. The average molecular weight is 412 g/mol. The smallest absolute Gasteiger partial charge is 0.254 e. The molecule has 3 rings (SSSR count). The Labute approximate surface area is 171 Å². The highest BCUT2D eigenvalue weighted by Crippen LogP contribution is 2.31. The van der Waals surface area contributed by atoms with Crippen LogP contribution in [0.2, 0.25) is 0 Å². The predicted molar refractivity (Wildman–Crippen MR) is 107 cm³/mol. The van der Waals surface area contributed by atoms with Crippen molar-refractivity contribution in [2.75, 3.05) is 19.0 Å². The van der Waals surface area contributed by atoms with Crippen molar-refractivity contribution < 1.29 is 27.8 Å². The first-order valence-corrected chi connectivity index (χ1v) is 8.90. The summed E-state index contributed by atoms with van der Waals surface area (Å²) in [6.45, 7) is -0.380. The standard InChI is InChI=1S/C22H18F2N2O4/c1-29-19-4-2-3-5-20(19)30-16-9-7-15(8-10-16)26-21(27)13-25-22(28)17-11-6-14(23)12-18(17)24/h2-12H,13H2,1H3,(H,25,28)(H,26,27). The number of nitrogens with one attached hydrogen (secondary N) is 2. The van der Waals surface area contributed by atoms with Gasteiger partial charge >= 0.3 is 0 Å². The molecular weight excluding hydrogens is 394 g/mol. The summed E-state index contributed by atoms with van der Waals surface area (Å²) in [4.78, 5) is 23.9. The number of carbonyl (C=O) groups is 2. The van der Waals surface area contributed by atoms with Gasteiger partial charge in [-0.05, 0) is 48.5 Å². The largest absolute Gasteiger partial charge is 0.493 e. The molecule has 2 N–H and O–H groups in total. The monoisotopic (exact) mass is 412 g/mol. The number of halogens is 2. The van der Waals surface area contributed by atoms with Crippen LogP contribution in [0.1, 0.15) is 10.4 Å². The molecule has 30 heavy (non-hydrogen) atoms. The van der Waals surface area contributed by atoms with Crippen LogP contribution in [0.15, 0.2) is 66.7 Å². The molecular formula is C22H18F2N2O4. The molecule has 0 aliphatic rings. The van der Waals surface area contributed by atoms with Gasteiger partial charge < -0.3 is 20.1 Å². The summed E-state index contributed by atoms with van der Waals surface area (Å²) in [6.07, 6.45) is 0. The fourth-order valence-electron chi connectivity index (χ4n) is 2.57. The second kappa shape index (κ2) is 9.51. The Hall–Kier alpha value is -3.94. The van der Waals surface area contributed by atoms with Gasteiger partial charge in [0.05, 0.1) is 19.2 Å². The zero-order chi connectivity index (χ0) is 21.5. The molecule has 3 aromatic carbocycles. The second-order valence-electron chi connectivity index (χ2n) is 6.13. The van der Waals surface area contributed by atoms with Gasteiger partial charge in [0.15, 0.2) is 11.5 Å². The van der Waals surface area contributed by atoms with Gasteiger partial charge in [-0.2, -0.15) is 0 Å². The first kappa shape index (κ1) is 20.8. The number of amides is 2. The van der Waals surface area contributed by atoms with Crippen molar-refractivity contribution in [1.82, 2.24) is 5.32 Å². The highest BCUT2D eigenvalue weighted by atomic mass is 19.1. The number of para-hydroxylation sites is 2. The molecule has 6 nitrogen and oxygen atoms in total. The average Bonchev–Trinajstić information content (AvgIpc) is 2.74. The molecule has 154 valence electrons. The third-order valence-electron chi connectivity index (χ3n) is 4.02. The van der Waals surface area contributed by atoms with E-state index in [4.69, 9.17) is 9.47 Å². The molecule has 0 bridgehead atoms. The van der Waals surface area contributed by atoms with Gasteiger partial charge in [0.25, 0.3) is 5.91 Å². The topological polar surface area (TPSA) is 76.7 Å². The van der Waals surface area contributed by atoms with Crippen LogP contribution in [0.3, 0.4) is 0 Å². The maximum Gasteiger partial charge on any atom is 0.254 e. The maximum atomic E-state index is 13.6. The summed E-state index contributed by atoms with van der Waals surface area (Å²) in [7, 11) is 1.55. The molecule has 8 heteroatoms. The predicted octanol–water partition coefficient (Wildman–Crippen LogP) is 4.13. The quantitative estimate of drug-likeness (QED) is 0.612. The third-order valence-corrected chi connectivity index (χ3v) is 4.02. The molecule has 0 unspecified atom stereocenters. The van der Waals surface area contributed by atoms with Crippen molar-refractivity contribution in [3.63, 3.8) is 0 Å². The Bertz CT molecular complexity index is 1060. The zero-order valence-corrected chi connectivity index (χ0v) is 15.9. The molecule has 0 aliphatic heterocycles. The van der Waals surface area contributed by atoms with E-state index in [2.05, 4.69) is 10.6 Å². The summed E-state index contributed by atoms with van der Waals surface area (Å²) in [5, 5.41) is 4.88. The number of methoxy groups -OCH3 is 1. The lowest BCUT2D eigenvalue weighted by Crippen LogP contribution is -2.33. The number of hydrogen-bond donors (Lipinski definition) is 2. The molecule has 0 aromatic heterocycles. The first-order valence-electron chi connectivity index (χ1n) is 8.90. The van der Waals surface area contributed by atoms with Gasteiger partial charge in [-0.25, -0.2) is 8.78 Å². The molecule has 0 spiro atoms. The SMILES string of the molecule is COc1ccccc1Oc1ccc(NC(=O)CNC(=O)c2ccc(F)cc2F)cc1. The van der Waals surface area contributed by atoms with Gasteiger partial charge in [0, 0.05) is 11.8 Å². The van der Waals surface area contributed by atoms with E-state index in [9.17, 15) is 18.4 Å². The summed E-state index contributed by atoms with van der Waals surface area (Å²) < 4.78 is 37.5. The second-order valence-corrected chi connectivity index (χ2v) is 6.13. The van der Waals surface area contributed by atoms with E-state index in [0.717, 1.165) is 12.1 Å². The van der Waals surface area contributed by atoms with Crippen molar-refractivity contribution in [2.24, 2.45) is 0 Å². The summed E-state index contributed by atoms with van der Waals surface area (Å²) in [5.41, 5.74) is 0.136. The van der Waals surface area contributed by atoms with Gasteiger partial charge in [0.1, 0.15) is 17.4 Å². The number of anilines is 1. The number of rotatable bonds is 7. The van der Waals surface area contributed by atoms with E-state index in [1.54, 1.807) is 43.5 Å². The minimum Gasteiger partial charge on any atom is -0.493 e. The maximum absolute atomic E-state index is 13.6. The zero-order valence-electron chi connectivity index (χ0n) is 15.9. The van der Waals surface area contributed by atoms with Crippen LogP contribution in [-0.2, 0) is 4.79 Å². The van der Waals surface area contributed by atoms with Crippen molar-refractivity contribution >= 4 is 17.5 Å². The lowest BCUT2D eigenvalue weighted by molar-refractivity contribution is -0.115. The molecule has 0 saturated carbocycles.